The fourth-order valence-corrected chi connectivity index (χ4v) is 4.92. The number of nitrogens with zero attached hydrogens (tertiary/aromatic N) is 7. The van der Waals surface area contributed by atoms with Gasteiger partial charge in [-0.3, -0.25) is 13.9 Å². The van der Waals surface area contributed by atoms with Crippen molar-refractivity contribution >= 4 is 22.8 Å². The zero-order chi connectivity index (χ0) is 27.5. The number of rotatable bonds is 10. The minimum Gasteiger partial charge on any atom is -0.339 e. The van der Waals surface area contributed by atoms with Crippen LogP contribution in [-0.4, -0.2) is 78.8 Å². The molecule has 14 heteroatoms. The Hall–Kier alpha value is -3.42. The van der Waals surface area contributed by atoms with Crippen molar-refractivity contribution < 1.29 is 13.3 Å². The number of H-pyrrole nitrogens is 1. The summed E-state index contributed by atoms with van der Waals surface area (Å²) in [6.07, 6.45) is 1.44. The molecule has 5 rings (SSSR count). The summed E-state index contributed by atoms with van der Waals surface area (Å²) < 4.78 is 35.0. The van der Waals surface area contributed by atoms with Gasteiger partial charge in [0.2, 0.25) is 11.2 Å². The van der Waals surface area contributed by atoms with E-state index in [2.05, 4.69) is 37.0 Å². The third-order valence-corrected chi connectivity index (χ3v) is 7.11. The molecule has 1 fully saturated rings. The zero-order valence-corrected chi connectivity index (χ0v) is 22.3. The van der Waals surface area contributed by atoms with Crippen molar-refractivity contribution in [2.45, 2.75) is 38.8 Å². The second-order valence-electron chi connectivity index (χ2n) is 9.74. The maximum Gasteiger partial charge on any atom is 0.332 e. The van der Waals surface area contributed by atoms with Crippen LogP contribution in [0.3, 0.4) is 0 Å². The minimum absolute atomic E-state index is 0.0445. The molecule has 0 unspecified atom stereocenters. The summed E-state index contributed by atoms with van der Waals surface area (Å²) >= 11 is 6.05. The fraction of sp³-hybridized carbons (Fsp3) is 0.480. The summed E-state index contributed by atoms with van der Waals surface area (Å²) in [4.78, 5) is 42.3. The Morgan fingerprint density at radius 2 is 1.79 bits per heavy atom. The fourth-order valence-electron chi connectivity index (χ4n) is 4.75. The van der Waals surface area contributed by atoms with Gasteiger partial charge in [0.05, 0.1) is 0 Å². The van der Waals surface area contributed by atoms with Crippen LogP contribution in [0.5, 0.6) is 0 Å². The van der Waals surface area contributed by atoms with Crippen molar-refractivity contribution in [3.05, 3.63) is 73.2 Å². The first kappa shape index (κ1) is 27.2. The molecule has 0 amide bonds. The maximum absolute atomic E-state index is 13.9. The van der Waals surface area contributed by atoms with E-state index in [-0.39, 0.29) is 40.8 Å². The average molecular weight is 563 g/mol. The Kier molecular flexibility index (Phi) is 8.19. The minimum atomic E-state index is -0.685. The Bertz CT molecular complexity index is 1570. The van der Waals surface area contributed by atoms with Crippen molar-refractivity contribution in [2.24, 2.45) is 0 Å². The molecule has 39 heavy (non-hydrogen) atoms. The number of fused-ring (bicyclic) bond motifs is 1. The van der Waals surface area contributed by atoms with Crippen molar-refractivity contribution in [3.8, 4) is 0 Å². The number of halogens is 3. The molecule has 1 aliphatic rings. The van der Waals surface area contributed by atoms with Gasteiger partial charge in [0.1, 0.15) is 11.6 Å². The van der Waals surface area contributed by atoms with Gasteiger partial charge < -0.3 is 19.3 Å². The summed E-state index contributed by atoms with van der Waals surface area (Å²) in [6, 6.07) is 3.30. The van der Waals surface area contributed by atoms with Crippen LogP contribution in [0.15, 0.2) is 32.3 Å². The Balaban J connectivity index is 1.25. The van der Waals surface area contributed by atoms with Gasteiger partial charge in [-0.1, -0.05) is 11.2 Å². The van der Waals surface area contributed by atoms with Crippen LogP contribution in [0.25, 0.3) is 11.2 Å². The van der Waals surface area contributed by atoms with E-state index in [4.69, 9.17) is 16.1 Å². The molecule has 4 heterocycles. The quantitative estimate of drug-likeness (QED) is 0.292. The molecule has 0 atom stereocenters. The van der Waals surface area contributed by atoms with E-state index < -0.39 is 22.9 Å². The van der Waals surface area contributed by atoms with Crippen LogP contribution < -0.4 is 11.2 Å². The van der Waals surface area contributed by atoms with E-state index in [1.54, 1.807) is 0 Å². The number of piperazine rings is 1. The van der Waals surface area contributed by atoms with Gasteiger partial charge >= 0.3 is 5.69 Å². The first-order valence-electron chi connectivity index (χ1n) is 12.8. The van der Waals surface area contributed by atoms with Gasteiger partial charge in [0.25, 0.3) is 5.56 Å². The molecule has 0 bridgehead atoms. The van der Waals surface area contributed by atoms with E-state index in [0.717, 1.165) is 49.8 Å². The molecule has 11 nitrogen and oxygen atoms in total. The zero-order valence-electron chi connectivity index (χ0n) is 21.5. The van der Waals surface area contributed by atoms with Gasteiger partial charge in [-0.2, -0.15) is 9.97 Å². The van der Waals surface area contributed by atoms with E-state index in [1.807, 2.05) is 0 Å². The van der Waals surface area contributed by atoms with Crippen LogP contribution in [0, 0.1) is 11.6 Å². The standard InChI is InChI=1S/C25H29ClF2N8O3/c1-33-10-12-34(13-11-33)7-3-9-35-22-21(30-24(26)31-22)23(37)36(25(35)38)8-2-4-20-29-19(32-39-20)14-16-5-6-17(27)15-18(16)28/h5-6,15H,2-4,7-14H2,1H3,(H,30,31). The third kappa shape index (κ3) is 6.26. The van der Waals surface area contributed by atoms with Gasteiger partial charge in [0.15, 0.2) is 17.0 Å². The van der Waals surface area contributed by atoms with Gasteiger partial charge in [-0.15, -0.1) is 0 Å². The lowest BCUT2D eigenvalue weighted by Gasteiger charge is -2.32. The van der Waals surface area contributed by atoms with Gasteiger partial charge in [-0.05, 0) is 49.7 Å². The molecule has 1 N–H and O–H groups in total. The van der Waals surface area contributed by atoms with Crippen molar-refractivity contribution in [1.82, 2.24) is 39.0 Å². The summed E-state index contributed by atoms with van der Waals surface area (Å²) in [7, 11) is 2.10. The molecule has 3 aromatic heterocycles. The largest absolute Gasteiger partial charge is 0.339 e. The molecule has 1 aliphatic heterocycles. The molecule has 208 valence electrons. The lowest BCUT2D eigenvalue weighted by atomic mass is 10.1. The summed E-state index contributed by atoms with van der Waals surface area (Å²) in [5.74, 6) is -0.803. The first-order valence-corrected chi connectivity index (χ1v) is 13.2. The lowest BCUT2D eigenvalue weighted by Crippen LogP contribution is -2.45. The van der Waals surface area contributed by atoms with Crippen molar-refractivity contribution in [1.29, 1.82) is 0 Å². The summed E-state index contributed by atoms with van der Waals surface area (Å²) in [5, 5.41) is 3.90. The van der Waals surface area contributed by atoms with Gasteiger partial charge in [-0.25, -0.2) is 13.6 Å². The molecule has 1 saturated heterocycles. The number of hydrogen-bond donors (Lipinski definition) is 1. The molecule has 0 saturated carbocycles. The van der Waals surface area contributed by atoms with E-state index in [0.29, 0.717) is 25.3 Å². The number of benzene rings is 1. The predicted octanol–water partition coefficient (Wildman–Crippen LogP) is 2.06. The van der Waals surface area contributed by atoms with E-state index >= 15 is 0 Å². The summed E-state index contributed by atoms with van der Waals surface area (Å²) in [6.45, 7) is 5.32. The van der Waals surface area contributed by atoms with E-state index in [9.17, 15) is 18.4 Å². The van der Waals surface area contributed by atoms with Crippen LogP contribution in [-0.2, 0) is 25.9 Å². The molecular weight excluding hydrogens is 534 g/mol. The molecular formula is C25H29ClF2N8O3. The van der Waals surface area contributed by atoms with Crippen LogP contribution in [0.4, 0.5) is 8.78 Å². The topological polar surface area (TPSA) is 118 Å². The number of hydrogen-bond acceptors (Lipinski definition) is 8. The highest BCUT2D eigenvalue weighted by Crippen LogP contribution is 2.14. The third-order valence-electron chi connectivity index (χ3n) is 6.93. The van der Waals surface area contributed by atoms with Crippen LogP contribution in [0.2, 0.25) is 5.28 Å². The maximum atomic E-state index is 13.9. The normalized spacial score (nSPS) is 15.0. The highest BCUT2D eigenvalue weighted by atomic mass is 35.5. The number of imidazole rings is 1. The second kappa shape index (κ2) is 11.8. The molecule has 0 aliphatic carbocycles. The monoisotopic (exact) mass is 562 g/mol. The predicted molar refractivity (Wildman–Crippen MR) is 140 cm³/mol. The van der Waals surface area contributed by atoms with Crippen LogP contribution in [0.1, 0.15) is 30.1 Å². The van der Waals surface area contributed by atoms with E-state index in [1.165, 1.54) is 16.7 Å². The first-order chi connectivity index (χ1) is 18.8. The number of aromatic amines is 1. The number of aryl methyl sites for hydroxylation is 2. The number of nitrogens with one attached hydrogen (secondary N) is 1. The second-order valence-corrected chi connectivity index (χ2v) is 10.1. The summed E-state index contributed by atoms with van der Waals surface area (Å²) in [5.41, 5.74) is -0.274. The molecule has 1 aromatic carbocycles. The molecule has 0 spiro atoms. The Labute approximate surface area is 227 Å². The van der Waals surface area contributed by atoms with Crippen molar-refractivity contribution in [2.75, 3.05) is 39.8 Å². The SMILES string of the molecule is CN1CCN(CCCn2c(=O)n(CCCc3nc(Cc4ccc(F)cc4F)no3)c(=O)c3[nH]c(Cl)nc32)CC1. The lowest BCUT2D eigenvalue weighted by molar-refractivity contribution is 0.151. The highest BCUT2D eigenvalue weighted by molar-refractivity contribution is 6.28. The van der Waals surface area contributed by atoms with Gasteiger partial charge in [0, 0.05) is 58.2 Å². The smallest absolute Gasteiger partial charge is 0.332 e. The molecule has 0 radical (unpaired) electrons. The number of aromatic nitrogens is 6. The Morgan fingerprint density at radius 3 is 2.56 bits per heavy atom. The molecule has 4 aromatic rings. The Morgan fingerprint density at radius 1 is 1.03 bits per heavy atom. The number of likely N-dealkylation sites (N-methyl/N-ethyl adjacent to an activating group) is 1. The van der Waals surface area contributed by atoms with Crippen molar-refractivity contribution in [3.63, 3.8) is 0 Å². The highest BCUT2D eigenvalue weighted by Gasteiger charge is 2.19. The van der Waals surface area contributed by atoms with Crippen LogP contribution >= 0.6 is 11.6 Å². The average Bonchev–Trinajstić information content (AvgIpc) is 3.52.